The molecule has 102 valence electrons. The van der Waals surface area contributed by atoms with Gasteiger partial charge in [0.2, 0.25) is 5.89 Å². The Balaban J connectivity index is 1.76. The maximum atomic E-state index is 11.8. The van der Waals surface area contributed by atoms with Crippen LogP contribution in [-0.2, 0) is 11.2 Å². The third-order valence-electron chi connectivity index (χ3n) is 2.60. The first kappa shape index (κ1) is 13.3. The number of rotatable bonds is 6. The average Bonchev–Trinajstić information content (AvgIpc) is 2.93. The molecule has 0 unspecified atom stereocenters. The van der Waals surface area contributed by atoms with Crippen LogP contribution in [0.3, 0.4) is 0 Å². The highest BCUT2D eigenvalue weighted by Gasteiger charge is 2.27. The van der Waals surface area contributed by atoms with Gasteiger partial charge in [-0.3, -0.25) is 0 Å². The molecule has 0 saturated carbocycles. The highest BCUT2D eigenvalue weighted by atomic mass is 19.3. The third-order valence-corrected chi connectivity index (χ3v) is 2.60. The van der Waals surface area contributed by atoms with Gasteiger partial charge in [0.25, 0.3) is 6.43 Å². The van der Waals surface area contributed by atoms with E-state index in [-0.39, 0.29) is 12.6 Å². The van der Waals surface area contributed by atoms with E-state index in [4.69, 9.17) is 9.26 Å². The minimum atomic E-state index is -2.46. The second-order valence-electron chi connectivity index (χ2n) is 4.12. The van der Waals surface area contributed by atoms with Crippen LogP contribution in [0, 0.1) is 0 Å². The number of aliphatic hydroxyl groups excluding tert-OH is 1. The Kier molecular flexibility index (Phi) is 4.56. The molecule has 2 heterocycles. The standard InChI is InChI=1S/C10H15F2N3O3/c11-8(12)5-17-2-1-9-14-10(18-15-9)7-3-6(16)4-13-7/h6-8,13,16H,1-5H2/t6-,7-/m1/s1. The first-order valence-electron chi connectivity index (χ1n) is 5.75. The van der Waals surface area contributed by atoms with Crippen molar-refractivity contribution in [2.24, 2.45) is 0 Å². The van der Waals surface area contributed by atoms with Gasteiger partial charge in [-0.25, -0.2) is 8.78 Å². The van der Waals surface area contributed by atoms with E-state index in [0.717, 1.165) is 0 Å². The lowest BCUT2D eigenvalue weighted by molar-refractivity contribution is 0.0182. The van der Waals surface area contributed by atoms with Gasteiger partial charge in [0.15, 0.2) is 5.82 Å². The van der Waals surface area contributed by atoms with E-state index in [2.05, 4.69) is 15.5 Å². The molecule has 18 heavy (non-hydrogen) atoms. The van der Waals surface area contributed by atoms with E-state index in [0.29, 0.717) is 31.1 Å². The summed E-state index contributed by atoms with van der Waals surface area (Å²) >= 11 is 0. The first-order chi connectivity index (χ1) is 8.65. The molecule has 1 saturated heterocycles. The molecule has 2 N–H and O–H groups in total. The van der Waals surface area contributed by atoms with Gasteiger partial charge >= 0.3 is 0 Å². The van der Waals surface area contributed by atoms with Gasteiger partial charge in [-0.2, -0.15) is 4.98 Å². The predicted molar refractivity (Wildman–Crippen MR) is 56.2 cm³/mol. The molecule has 2 atom stereocenters. The summed E-state index contributed by atoms with van der Waals surface area (Å²) in [6.45, 7) is 0.0466. The monoisotopic (exact) mass is 263 g/mol. The summed E-state index contributed by atoms with van der Waals surface area (Å²) < 4.78 is 33.4. The minimum absolute atomic E-state index is 0.129. The molecule has 8 heteroatoms. The number of aliphatic hydroxyl groups is 1. The number of alkyl halides is 2. The highest BCUT2D eigenvalue weighted by Crippen LogP contribution is 2.21. The molecule has 0 spiro atoms. The van der Waals surface area contributed by atoms with Crippen LogP contribution in [0.15, 0.2) is 4.52 Å². The molecule has 0 aromatic carbocycles. The van der Waals surface area contributed by atoms with Crippen molar-refractivity contribution in [2.75, 3.05) is 19.8 Å². The zero-order chi connectivity index (χ0) is 13.0. The Morgan fingerprint density at radius 3 is 3.06 bits per heavy atom. The molecule has 1 fully saturated rings. The zero-order valence-electron chi connectivity index (χ0n) is 9.68. The van der Waals surface area contributed by atoms with Crippen molar-refractivity contribution < 1.29 is 23.1 Å². The van der Waals surface area contributed by atoms with Crippen LogP contribution in [-0.4, -0.2) is 47.5 Å². The van der Waals surface area contributed by atoms with Crippen molar-refractivity contribution in [3.63, 3.8) is 0 Å². The number of hydrogen-bond acceptors (Lipinski definition) is 6. The first-order valence-corrected chi connectivity index (χ1v) is 5.75. The van der Waals surface area contributed by atoms with Gasteiger partial charge in [-0.05, 0) is 6.42 Å². The zero-order valence-corrected chi connectivity index (χ0v) is 9.68. The molecule has 2 rings (SSSR count). The van der Waals surface area contributed by atoms with Gasteiger partial charge in [0.05, 0.1) is 18.8 Å². The van der Waals surface area contributed by atoms with Gasteiger partial charge < -0.3 is 19.7 Å². The fraction of sp³-hybridized carbons (Fsp3) is 0.800. The van der Waals surface area contributed by atoms with Crippen molar-refractivity contribution in [3.8, 4) is 0 Å². The number of ether oxygens (including phenoxy) is 1. The molecular weight excluding hydrogens is 248 g/mol. The number of β-amino-alcohol motifs (C(OH)–C–C–N with tert-alkyl or cyclic N) is 1. The molecular formula is C10H15F2N3O3. The molecule has 0 radical (unpaired) electrons. The average molecular weight is 263 g/mol. The molecule has 6 nitrogen and oxygen atoms in total. The molecule has 1 aliphatic heterocycles. The fourth-order valence-corrected chi connectivity index (χ4v) is 1.75. The molecule has 0 aliphatic carbocycles. The van der Waals surface area contributed by atoms with E-state index in [1.54, 1.807) is 0 Å². The number of hydrogen-bond donors (Lipinski definition) is 2. The van der Waals surface area contributed by atoms with Crippen LogP contribution in [0.4, 0.5) is 8.78 Å². The summed E-state index contributed by atoms with van der Waals surface area (Å²) in [5.74, 6) is 0.831. The Hall–Kier alpha value is -1.12. The van der Waals surface area contributed by atoms with E-state index in [9.17, 15) is 13.9 Å². The summed E-state index contributed by atoms with van der Waals surface area (Å²) in [6.07, 6.45) is -2.01. The maximum Gasteiger partial charge on any atom is 0.261 e. The van der Waals surface area contributed by atoms with Crippen molar-refractivity contribution in [3.05, 3.63) is 11.7 Å². The summed E-state index contributed by atoms with van der Waals surface area (Å²) in [5.41, 5.74) is 0. The van der Waals surface area contributed by atoms with Crippen LogP contribution in [0.2, 0.25) is 0 Å². The highest BCUT2D eigenvalue weighted by molar-refractivity contribution is 4.97. The third kappa shape index (κ3) is 3.69. The Bertz CT molecular complexity index is 375. The smallest absolute Gasteiger partial charge is 0.261 e. The van der Waals surface area contributed by atoms with E-state index >= 15 is 0 Å². The molecule has 0 bridgehead atoms. The number of halogens is 2. The SMILES string of the molecule is O[C@H]1CN[C@@H](c2nc(CCOCC(F)F)no2)C1. The van der Waals surface area contributed by atoms with E-state index < -0.39 is 19.1 Å². The van der Waals surface area contributed by atoms with Crippen LogP contribution in [0.25, 0.3) is 0 Å². The second-order valence-corrected chi connectivity index (χ2v) is 4.12. The lowest BCUT2D eigenvalue weighted by Gasteiger charge is -2.01. The van der Waals surface area contributed by atoms with Crippen LogP contribution in [0.1, 0.15) is 24.2 Å². The van der Waals surface area contributed by atoms with Crippen LogP contribution in [0.5, 0.6) is 0 Å². The normalized spacial score (nSPS) is 24.0. The van der Waals surface area contributed by atoms with Crippen molar-refractivity contribution in [1.82, 2.24) is 15.5 Å². The lowest BCUT2D eigenvalue weighted by atomic mass is 10.2. The fourth-order valence-electron chi connectivity index (χ4n) is 1.75. The predicted octanol–water partition coefficient (Wildman–Crippen LogP) is 0.289. The van der Waals surface area contributed by atoms with Crippen molar-refractivity contribution >= 4 is 0 Å². The number of nitrogens with zero attached hydrogens (tertiary/aromatic N) is 2. The largest absolute Gasteiger partial charge is 0.392 e. The Morgan fingerprint density at radius 2 is 2.39 bits per heavy atom. The van der Waals surface area contributed by atoms with E-state index in [1.807, 2.05) is 0 Å². The molecule has 1 aromatic rings. The topological polar surface area (TPSA) is 80.4 Å². The van der Waals surface area contributed by atoms with Crippen molar-refractivity contribution in [1.29, 1.82) is 0 Å². The molecule has 1 aromatic heterocycles. The maximum absolute atomic E-state index is 11.8. The van der Waals surface area contributed by atoms with Gasteiger partial charge in [-0.1, -0.05) is 5.16 Å². The summed E-state index contributed by atoms with van der Waals surface area (Å²) in [4.78, 5) is 4.12. The second kappa shape index (κ2) is 6.17. The van der Waals surface area contributed by atoms with Crippen LogP contribution >= 0.6 is 0 Å². The van der Waals surface area contributed by atoms with Gasteiger partial charge in [0, 0.05) is 13.0 Å². The summed E-state index contributed by atoms with van der Waals surface area (Å²) in [5, 5.41) is 16.1. The number of aromatic nitrogens is 2. The Morgan fingerprint density at radius 1 is 1.56 bits per heavy atom. The van der Waals surface area contributed by atoms with Gasteiger partial charge in [0.1, 0.15) is 6.61 Å². The Labute approximate surface area is 102 Å². The summed E-state index contributed by atoms with van der Waals surface area (Å²) in [7, 11) is 0. The van der Waals surface area contributed by atoms with Gasteiger partial charge in [-0.15, -0.1) is 0 Å². The molecule has 1 aliphatic rings. The van der Waals surface area contributed by atoms with Crippen LogP contribution < -0.4 is 5.32 Å². The lowest BCUT2D eigenvalue weighted by Crippen LogP contribution is -2.15. The quantitative estimate of drug-likeness (QED) is 0.718. The van der Waals surface area contributed by atoms with Crippen molar-refractivity contribution in [2.45, 2.75) is 31.4 Å². The molecule has 0 amide bonds. The summed E-state index contributed by atoms with van der Waals surface area (Å²) in [6, 6.07) is -0.136. The number of nitrogens with one attached hydrogen (secondary N) is 1. The minimum Gasteiger partial charge on any atom is -0.392 e. The van der Waals surface area contributed by atoms with E-state index in [1.165, 1.54) is 0 Å².